The van der Waals surface area contributed by atoms with E-state index in [1.807, 2.05) is 0 Å². The van der Waals surface area contributed by atoms with E-state index in [-0.39, 0.29) is 16.9 Å². The van der Waals surface area contributed by atoms with Crippen molar-refractivity contribution in [2.24, 2.45) is 0 Å². The second-order valence-corrected chi connectivity index (χ2v) is 3.88. The minimum atomic E-state index is -4.83. The SMILES string of the molecule is Nc1[nH]ncc1C(O)c1ccc(F)c(C(F)(F)F)c1. The molecular weight excluding hydrogens is 266 g/mol. The molecule has 8 heteroatoms. The topological polar surface area (TPSA) is 74.9 Å². The number of halogens is 4. The van der Waals surface area contributed by atoms with Gasteiger partial charge in [-0.1, -0.05) is 6.07 Å². The molecule has 1 unspecified atom stereocenters. The van der Waals surface area contributed by atoms with Crippen LogP contribution in [-0.4, -0.2) is 15.3 Å². The zero-order valence-corrected chi connectivity index (χ0v) is 9.37. The predicted octanol–water partition coefficient (Wildman–Crippen LogP) is 2.23. The van der Waals surface area contributed by atoms with E-state index in [1.165, 1.54) is 6.20 Å². The van der Waals surface area contributed by atoms with Gasteiger partial charge in [0.25, 0.3) is 0 Å². The average molecular weight is 275 g/mol. The molecule has 0 aliphatic carbocycles. The minimum Gasteiger partial charge on any atom is -0.384 e. The summed E-state index contributed by atoms with van der Waals surface area (Å²) < 4.78 is 50.8. The molecule has 1 aromatic carbocycles. The van der Waals surface area contributed by atoms with E-state index in [0.717, 1.165) is 6.07 Å². The standard InChI is InChI=1S/C11H9F4N3O/c12-8-2-1-5(3-7(8)11(13,14)15)9(19)6-4-17-18-10(6)16/h1-4,9,19H,(H3,16,17,18). The van der Waals surface area contributed by atoms with Crippen LogP contribution in [-0.2, 0) is 6.18 Å². The van der Waals surface area contributed by atoms with E-state index in [1.54, 1.807) is 0 Å². The van der Waals surface area contributed by atoms with Crippen LogP contribution in [0.2, 0.25) is 0 Å². The van der Waals surface area contributed by atoms with Gasteiger partial charge in [-0.2, -0.15) is 18.3 Å². The average Bonchev–Trinajstić information content (AvgIpc) is 2.73. The fourth-order valence-electron chi connectivity index (χ4n) is 1.63. The summed E-state index contributed by atoms with van der Waals surface area (Å²) in [5, 5.41) is 15.8. The van der Waals surface area contributed by atoms with E-state index in [4.69, 9.17) is 5.73 Å². The zero-order valence-electron chi connectivity index (χ0n) is 9.37. The largest absolute Gasteiger partial charge is 0.419 e. The van der Waals surface area contributed by atoms with Crippen LogP contribution in [0.15, 0.2) is 24.4 Å². The molecular formula is C11H9F4N3O. The van der Waals surface area contributed by atoms with Gasteiger partial charge in [0, 0.05) is 5.56 Å². The van der Waals surface area contributed by atoms with E-state index in [0.29, 0.717) is 12.1 Å². The molecule has 0 spiro atoms. The zero-order chi connectivity index (χ0) is 14.2. The maximum absolute atomic E-state index is 13.1. The van der Waals surface area contributed by atoms with E-state index >= 15 is 0 Å². The van der Waals surface area contributed by atoms with E-state index in [2.05, 4.69) is 10.2 Å². The predicted molar refractivity (Wildman–Crippen MR) is 58.5 cm³/mol. The van der Waals surface area contributed by atoms with Gasteiger partial charge in [-0.05, 0) is 17.7 Å². The summed E-state index contributed by atoms with van der Waals surface area (Å²) >= 11 is 0. The maximum Gasteiger partial charge on any atom is 0.419 e. The van der Waals surface area contributed by atoms with Crippen molar-refractivity contribution in [2.45, 2.75) is 12.3 Å². The number of nitrogen functional groups attached to an aromatic ring is 1. The molecule has 0 saturated heterocycles. The fraction of sp³-hybridized carbons (Fsp3) is 0.182. The normalized spacial score (nSPS) is 13.5. The van der Waals surface area contributed by atoms with Crippen LogP contribution in [0.5, 0.6) is 0 Å². The molecule has 19 heavy (non-hydrogen) atoms. The Morgan fingerprint density at radius 2 is 2.00 bits per heavy atom. The number of alkyl halides is 3. The second kappa shape index (κ2) is 4.54. The monoisotopic (exact) mass is 275 g/mol. The van der Waals surface area contributed by atoms with Gasteiger partial charge in [0.15, 0.2) is 0 Å². The summed E-state index contributed by atoms with van der Waals surface area (Å²) in [7, 11) is 0. The molecule has 102 valence electrons. The second-order valence-electron chi connectivity index (χ2n) is 3.88. The highest BCUT2D eigenvalue weighted by atomic mass is 19.4. The Balaban J connectivity index is 2.44. The van der Waals surface area contributed by atoms with Crippen molar-refractivity contribution in [3.8, 4) is 0 Å². The number of hydrogen-bond acceptors (Lipinski definition) is 3. The Hall–Kier alpha value is -2.09. The molecule has 0 fully saturated rings. The fourth-order valence-corrected chi connectivity index (χ4v) is 1.63. The summed E-state index contributed by atoms with van der Waals surface area (Å²) in [5.74, 6) is -1.37. The van der Waals surface area contributed by atoms with Crippen molar-refractivity contribution >= 4 is 5.82 Å². The van der Waals surface area contributed by atoms with Gasteiger partial charge in [0.1, 0.15) is 17.7 Å². The number of H-pyrrole nitrogens is 1. The van der Waals surface area contributed by atoms with Crippen LogP contribution < -0.4 is 5.73 Å². The van der Waals surface area contributed by atoms with Gasteiger partial charge in [0.05, 0.1) is 11.8 Å². The van der Waals surface area contributed by atoms with Crippen LogP contribution in [0.3, 0.4) is 0 Å². The van der Waals surface area contributed by atoms with Gasteiger partial charge in [-0.25, -0.2) is 4.39 Å². The van der Waals surface area contributed by atoms with Crippen LogP contribution in [0.25, 0.3) is 0 Å². The number of aromatic amines is 1. The first kappa shape index (κ1) is 13.3. The molecule has 0 radical (unpaired) electrons. The van der Waals surface area contributed by atoms with Crippen LogP contribution >= 0.6 is 0 Å². The third-order valence-electron chi connectivity index (χ3n) is 2.61. The highest BCUT2D eigenvalue weighted by molar-refractivity contribution is 5.44. The third-order valence-corrected chi connectivity index (χ3v) is 2.61. The molecule has 0 aliphatic heterocycles. The Labute approximate surface area is 104 Å². The van der Waals surface area contributed by atoms with Crippen molar-refractivity contribution in [3.63, 3.8) is 0 Å². The van der Waals surface area contributed by atoms with Crippen LogP contribution in [0.4, 0.5) is 23.4 Å². The number of aliphatic hydroxyl groups is 1. The molecule has 1 heterocycles. The Morgan fingerprint density at radius 1 is 1.32 bits per heavy atom. The molecule has 0 saturated carbocycles. The molecule has 0 bridgehead atoms. The Morgan fingerprint density at radius 3 is 2.53 bits per heavy atom. The van der Waals surface area contributed by atoms with Crippen molar-refractivity contribution in [1.82, 2.24) is 10.2 Å². The first-order valence-corrected chi connectivity index (χ1v) is 5.14. The Kier molecular flexibility index (Phi) is 3.19. The van der Waals surface area contributed by atoms with Crippen molar-refractivity contribution in [1.29, 1.82) is 0 Å². The number of aliphatic hydroxyl groups excluding tert-OH is 1. The quantitative estimate of drug-likeness (QED) is 0.736. The van der Waals surface area contributed by atoms with Gasteiger partial charge >= 0.3 is 6.18 Å². The van der Waals surface area contributed by atoms with Gasteiger partial charge in [-0.3, -0.25) is 5.10 Å². The lowest BCUT2D eigenvalue weighted by molar-refractivity contribution is -0.140. The summed E-state index contributed by atoms with van der Waals surface area (Å²) in [6, 6.07) is 2.26. The Bertz CT molecular complexity index is 594. The number of rotatable bonds is 2. The number of nitrogens with two attached hydrogens (primary N) is 1. The molecule has 0 aliphatic rings. The van der Waals surface area contributed by atoms with Crippen molar-refractivity contribution < 1.29 is 22.7 Å². The van der Waals surface area contributed by atoms with Gasteiger partial charge < -0.3 is 10.8 Å². The lowest BCUT2D eigenvalue weighted by atomic mass is 10.0. The van der Waals surface area contributed by atoms with Gasteiger partial charge in [0.2, 0.25) is 0 Å². The number of benzene rings is 1. The lowest BCUT2D eigenvalue weighted by Crippen LogP contribution is -2.10. The van der Waals surface area contributed by atoms with Crippen LogP contribution in [0.1, 0.15) is 22.8 Å². The molecule has 0 amide bonds. The summed E-state index contributed by atoms with van der Waals surface area (Å²) in [5.41, 5.74) is 4.02. The summed E-state index contributed by atoms with van der Waals surface area (Å²) in [6.07, 6.45) is -5.06. The highest BCUT2D eigenvalue weighted by Gasteiger charge is 2.34. The third kappa shape index (κ3) is 2.53. The van der Waals surface area contributed by atoms with Gasteiger partial charge in [-0.15, -0.1) is 0 Å². The number of aromatic nitrogens is 2. The van der Waals surface area contributed by atoms with E-state index < -0.39 is 23.7 Å². The minimum absolute atomic E-state index is 0.0328. The van der Waals surface area contributed by atoms with Crippen LogP contribution in [0, 0.1) is 5.82 Å². The maximum atomic E-state index is 13.1. The first-order valence-electron chi connectivity index (χ1n) is 5.14. The summed E-state index contributed by atoms with van der Waals surface area (Å²) in [4.78, 5) is 0. The number of hydrogen-bond donors (Lipinski definition) is 3. The van der Waals surface area contributed by atoms with Crippen molar-refractivity contribution in [2.75, 3.05) is 5.73 Å². The first-order chi connectivity index (χ1) is 8.80. The molecule has 4 N–H and O–H groups in total. The molecule has 2 aromatic rings. The smallest absolute Gasteiger partial charge is 0.384 e. The summed E-state index contributed by atoms with van der Waals surface area (Å²) in [6.45, 7) is 0. The highest BCUT2D eigenvalue weighted by Crippen LogP contribution is 2.34. The lowest BCUT2D eigenvalue weighted by Gasteiger charge is -2.13. The van der Waals surface area contributed by atoms with E-state index in [9.17, 15) is 22.7 Å². The number of nitrogens with zero attached hydrogens (tertiary/aromatic N) is 1. The number of anilines is 1. The molecule has 1 atom stereocenters. The molecule has 2 rings (SSSR count). The molecule has 4 nitrogen and oxygen atoms in total. The van der Waals surface area contributed by atoms with Crippen molar-refractivity contribution in [3.05, 3.63) is 46.9 Å². The molecule has 1 aromatic heterocycles. The number of nitrogens with one attached hydrogen (secondary N) is 1.